The summed E-state index contributed by atoms with van der Waals surface area (Å²) in [4.78, 5) is 31.2. The Balaban J connectivity index is 1.78. The zero-order valence-electron chi connectivity index (χ0n) is 12.6. The number of hydrogen-bond acceptors (Lipinski definition) is 3. The number of fused-ring (bicyclic) bond motifs is 1. The van der Waals surface area contributed by atoms with Crippen LogP contribution in [0, 0.1) is 5.92 Å². The first-order valence-electron chi connectivity index (χ1n) is 7.55. The van der Waals surface area contributed by atoms with Gasteiger partial charge in [0.05, 0.1) is 0 Å². The van der Waals surface area contributed by atoms with Crippen molar-refractivity contribution in [1.29, 1.82) is 0 Å². The summed E-state index contributed by atoms with van der Waals surface area (Å²) >= 11 is 0. The third kappa shape index (κ3) is 3.08. The van der Waals surface area contributed by atoms with Crippen LogP contribution in [0.4, 0.5) is 0 Å². The van der Waals surface area contributed by atoms with Gasteiger partial charge in [0, 0.05) is 24.6 Å². The van der Waals surface area contributed by atoms with Crippen LogP contribution in [0.3, 0.4) is 0 Å². The lowest BCUT2D eigenvalue weighted by Gasteiger charge is -2.21. The molecule has 1 aliphatic carbocycles. The van der Waals surface area contributed by atoms with Crippen LogP contribution in [0.25, 0.3) is 0 Å². The Morgan fingerprint density at radius 2 is 2.18 bits per heavy atom. The van der Waals surface area contributed by atoms with Crippen molar-refractivity contribution < 1.29 is 4.79 Å². The lowest BCUT2D eigenvalue weighted by Crippen LogP contribution is -2.31. The van der Waals surface area contributed by atoms with E-state index >= 15 is 0 Å². The van der Waals surface area contributed by atoms with Gasteiger partial charge in [-0.2, -0.15) is 0 Å². The topological polar surface area (TPSA) is 74.8 Å². The Bertz CT molecular complexity index is 737. The van der Waals surface area contributed by atoms with Gasteiger partial charge in [-0.25, -0.2) is 0 Å². The van der Waals surface area contributed by atoms with Crippen molar-refractivity contribution in [3.05, 3.63) is 63.3 Å². The molecular formula is C17H19N3O2. The highest BCUT2D eigenvalue weighted by Gasteiger charge is 2.19. The summed E-state index contributed by atoms with van der Waals surface area (Å²) in [5.74, 6) is 0.255. The summed E-state index contributed by atoms with van der Waals surface area (Å²) in [5.41, 5.74) is 2.91. The van der Waals surface area contributed by atoms with E-state index < -0.39 is 0 Å². The zero-order valence-corrected chi connectivity index (χ0v) is 12.6. The van der Waals surface area contributed by atoms with Crippen molar-refractivity contribution in [3.63, 3.8) is 0 Å². The molecule has 114 valence electrons. The van der Waals surface area contributed by atoms with Gasteiger partial charge in [0.15, 0.2) is 0 Å². The molecular weight excluding hydrogens is 278 g/mol. The average Bonchev–Trinajstić information content (AvgIpc) is 2.53. The molecule has 0 aliphatic heterocycles. The summed E-state index contributed by atoms with van der Waals surface area (Å²) in [5, 5.41) is 2.79. The second kappa shape index (κ2) is 6.13. The molecule has 22 heavy (non-hydrogen) atoms. The van der Waals surface area contributed by atoms with Crippen molar-refractivity contribution in [2.75, 3.05) is 0 Å². The largest absolute Gasteiger partial charge is 0.348 e. The molecule has 3 rings (SSSR count). The van der Waals surface area contributed by atoms with Gasteiger partial charge in [-0.05, 0) is 54.5 Å². The minimum atomic E-state index is -0.334. The molecule has 0 saturated carbocycles. The number of amides is 1. The standard InChI is InChI=1S/C17H19N3O2/c1-11-2-3-15-13(8-11)9-14(17(22)20-15)16(21)19-10-12-4-6-18-7-5-12/h4-7,9,11H,2-3,8,10H2,1H3,(H,19,21)(H,20,22)/t11-/m0/s1. The van der Waals surface area contributed by atoms with E-state index in [-0.39, 0.29) is 17.0 Å². The van der Waals surface area contributed by atoms with Gasteiger partial charge in [0.1, 0.15) is 5.56 Å². The molecule has 0 aromatic carbocycles. The van der Waals surface area contributed by atoms with Crippen molar-refractivity contribution in [1.82, 2.24) is 15.3 Å². The Morgan fingerprint density at radius 3 is 2.95 bits per heavy atom. The highest BCUT2D eigenvalue weighted by atomic mass is 16.2. The first kappa shape index (κ1) is 14.5. The summed E-state index contributed by atoms with van der Waals surface area (Å²) < 4.78 is 0. The molecule has 5 nitrogen and oxygen atoms in total. The molecule has 0 spiro atoms. The molecule has 2 heterocycles. The Morgan fingerprint density at radius 1 is 1.41 bits per heavy atom. The van der Waals surface area contributed by atoms with Gasteiger partial charge < -0.3 is 10.3 Å². The number of nitrogens with one attached hydrogen (secondary N) is 2. The Kier molecular flexibility index (Phi) is 4.04. The molecule has 5 heteroatoms. The fourth-order valence-corrected chi connectivity index (χ4v) is 2.83. The summed E-state index contributed by atoms with van der Waals surface area (Å²) in [6.45, 7) is 2.57. The first-order chi connectivity index (χ1) is 10.6. The fourth-order valence-electron chi connectivity index (χ4n) is 2.83. The van der Waals surface area contributed by atoms with Crippen molar-refractivity contribution >= 4 is 5.91 Å². The van der Waals surface area contributed by atoms with Gasteiger partial charge in [-0.15, -0.1) is 0 Å². The molecule has 1 amide bonds. The molecule has 0 saturated heterocycles. The SMILES string of the molecule is C[C@H]1CCc2[nH]c(=O)c(C(=O)NCc3ccncc3)cc2C1. The molecule has 2 N–H and O–H groups in total. The third-order valence-corrected chi connectivity index (χ3v) is 4.12. The smallest absolute Gasteiger partial charge is 0.261 e. The number of aryl methyl sites for hydroxylation is 1. The van der Waals surface area contributed by atoms with Crippen LogP contribution < -0.4 is 10.9 Å². The van der Waals surface area contributed by atoms with Crippen molar-refractivity contribution in [2.45, 2.75) is 32.7 Å². The second-order valence-corrected chi connectivity index (χ2v) is 5.90. The number of nitrogens with zero attached hydrogens (tertiary/aromatic N) is 1. The highest BCUT2D eigenvalue weighted by Crippen LogP contribution is 2.23. The predicted molar refractivity (Wildman–Crippen MR) is 83.7 cm³/mol. The van der Waals surface area contributed by atoms with Gasteiger partial charge >= 0.3 is 0 Å². The van der Waals surface area contributed by atoms with E-state index in [0.29, 0.717) is 12.5 Å². The van der Waals surface area contributed by atoms with E-state index in [2.05, 4.69) is 22.2 Å². The number of H-pyrrole nitrogens is 1. The molecule has 2 aromatic heterocycles. The summed E-state index contributed by atoms with van der Waals surface area (Å²) in [6, 6.07) is 5.42. The van der Waals surface area contributed by atoms with Crippen LogP contribution in [-0.2, 0) is 19.4 Å². The molecule has 1 aliphatic rings. The Hall–Kier alpha value is -2.43. The van der Waals surface area contributed by atoms with Crippen LogP contribution in [0.2, 0.25) is 0 Å². The molecule has 0 unspecified atom stereocenters. The van der Waals surface area contributed by atoms with Crippen LogP contribution in [-0.4, -0.2) is 15.9 Å². The zero-order chi connectivity index (χ0) is 15.5. The number of hydrogen-bond donors (Lipinski definition) is 2. The van der Waals surface area contributed by atoms with E-state index in [4.69, 9.17) is 0 Å². The molecule has 0 radical (unpaired) electrons. The van der Waals surface area contributed by atoms with Crippen LogP contribution >= 0.6 is 0 Å². The fraction of sp³-hybridized carbons (Fsp3) is 0.353. The monoisotopic (exact) mass is 297 g/mol. The van der Waals surface area contributed by atoms with Crippen LogP contribution in [0.5, 0.6) is 0 Å². The number of pyridine rings is 2. The van der Waals surface area contributed by atoms with E-state index in [1.54, 1.807) is 18.5 Å². The second-order valence-electron chi connectivity index (χ2n) is 5.90. The minimum absolute atomic E-state index is 0.196. The number of carbonyl (C=O) groups excluding carboxylic acids is 1. The van der Waals surface area contributed by atoms with E-state index in [9.17, 15) is 9.59 Å². The maximum Gasteiger partial charge on any atom is 0.261 e. The van der Waals surface area contributed by atoms with Gasteiger partial charge in [0.2, 0.25) is 0 Å². The molecule has 2 aromatic rings. The quantitative estimate of drug-likeness (QED) is 0.907. The maximum atomic E-state index is 12.3. The molecule has 1 atom stereocenters. The maximum absolute atomic E-state index is 12.3. The lowest BCUT2D eigenvalue weighted by molar-refractivity contribution is 0.0949. The molecule has 0 fully saturated rings. The average molecular weight is 297 g/mol. The number of aromatic nitrogens is 2. The van der Waals surface area contributed by atoms with Crippen LogP contribution in [0.15, 0.2) is 35.4 Å². The third-order valence-electron chi connectivity index (χ3n) is 4.12. The highest BCUT2D eigenvalue weighted by molar-refractivity contribution is 5.94. The number of carbonyl (C=O) groups is 1. The summed E-state index contributed by atoms with van der Waals surface area (Å²) in [7, 11) is 0. The van der Waals surface area contributed by atoms with Crippen molar-refractivity contribution in [3.8, 4) is 0 Å². The van der Waals surface area contributed by atoms with E-state index in [0.717, 1.165) is 36.1 Å². The lowest BCUT2D eigenvalue weighted by atomic mass is 9.87. The normalized spacial score (nSPS) is 16.9. The molecule has 0 bridgehead atoms. The predicted octanol–water partition coefficient (Wildman–Crippen LogP) is 1.82. The van der Waals surface area contributed by atoms with Gasteiger partial charge in [-0.1, -0.05) is 6.92 Å². The number of aromatic amines is 1. The summed E-state index contributed by atoms with van der Waals surface area (Å²) in [6.07, 6.45) is 6.22. The van der Waals surface area contributed by atoms with Gasteiger partial charge in [0.25, 0.3) is 11.5 Å². The number of rotatable bonds is 3. The first-order valence-corrected chi connectivity index (χ1v) is 7.55. The van der Waals surface area contributed by atoms with Gasteiger partial charge in [-0.3, -0.25) is 14.6 Å². The van der Waals surface area contributed by atoms with E-state index in [1.807, 2.05) is 12.1 Å². The van der Waals surface area contributed by atoms with E-state index in [1.165, 1.54) is 0 Å². The van der Waals surface area contributed by atoms with Crippen molar-refractivity contribution in [2.24, 2.45) is 5.92 Å². The van der Waals surface area contributed by atoms with Crippen LogP contribution in [0.1, 0.15) is 40.5 Å². The Labute approximate surface area is 128 Å². The minimum Gasteiger partial charge on any atom is -0.348 e.